The van der Waals surface area contributed by atoms with Crippen molar-refractivity contribution >= 4 is 17.8 Å². The van der Waals surface area contributed by atoms with Crippen LogP contribution in [0.25, 0.3) is 0 Å². The zero-order valence-corrected chi connectivity index (χ0v) is 13.6. The molecule has 0 spiro atoms. The third-order valence-corrected chi connectivity index (χ3v) is 3.28. The minimum Gasteiger partial charge on any atom is -0.482 e. The molecule has 7 nitrogen and oxygen atoms in total. The number of aliphatic carboxylic acids is 1. The monoisotopic (exact) mass is 322 g/mol. The average molecular weight is 322 g/mol. The molecular formula is C16H22N2O5. The largest absolute Gasteiger partial charge is 0.482 e. The highest BCUT2D eigenvalue weighted by atomic mass is 16.5. The normalized spacial score (nSPS) is 10.0. The zero-order chi connectivity index (χ0) is 17.4. The van der Waals surface area contributed by atoms with Crippen LogP contribution in [0.2, 0.25) is 0 Å². The van der Waals surface area contributed by atoms with Crippen molar-refractivity contribution in [1.82, 2.24) is 9.80 Å². The van der Waals surface area contributed by atoms with Crippen LogP contribution >= 0.6 is 0 Å². The summed E-state index contributed by atoms with van der Waals surface area (Å²) >= 11 is 0. The number of nitrogens with zero attached hydrogens (tertiary/aromatic N) is 2. The third-order valence-electron chi connectivity index (χ3n) is 3.28. The summed E-state index contributed by atoms with van der Waals surface area (Å²) in [6.45, 7) is 4.46. The van der Waals surface area contributed by atoms with Crippen LogP contribution in [-0.4, -0.2) is 66.0 Å². The maximum atomic E-state index is 12.4. The van der Waals surface area contributed by atoms with E-state index in [9.17, 15) is 14.4 Å². The summed E-state index contributed by atoms with van der Waals surface area (Å²) in [5, 5.41) is 8.60. The summed E-state index contributed by atoms with van der Waals surface area (Å²) in [5.74, 6) is -1.25. The number of carbonyl (C=O) groups excluding carboxylic acids is 2. The Hall–Kier alpha value is -2.57. The van der Waals surface area contributed by atoms with E-state index in [-0.39, 0.29) is 18.4 Å². The number of rotatable bonds is 8. The van der Waals surface area contributed by atoms with Crippen LogP contribution in [0.3, 0.4) is 0 Å². The molecule has 1 aromatic rings. The van der Waals surface area contributed by atoms with Gasteiger partial charge in [0.15, 0.2) is 6.61 Å². The molecule has 0 fully saturated rings. The van der Waals surface area contributed by atoms with Gasteiger partial charge in [-0.1, -0.05) is 6.07 Å². The zero-order valence-electron chi connectivity index (χ0n) is 13.6. The van der Waals surface area contributed by atoms with Gasteiger partial charge in [0.05, 0.1) is 6.54 Å². The summed E-state index contributed by atoms with van der Waals surface area (Å²) in [7, 11) is 1.55. The predicted octanol–water partition coefficient (Wildman–Crippen LogP) is 1.09. The fourth-order valence-corrected chi connectivity index (χ4v) is 2.04. The second-order valence-electron chi connectivity index (χ2n) is 4.94. The maximum Gasteiger partial charge on any atom is 0.341 e. The fraction of sp³-hybridized carbons (Fsp3) is 0.438. The average Bonchev–Trinajstić information content (AvgIpc) is 2.53. The van der Waals surface area contributed by atoms with Gasteiger partial charge in [-0.15, -0.1) is 0 Å². The van der Waals surface area contributed by atoms with Crippen LogP contribution in [0.1, 0.15) is 24.2 Å². The molecule has 7 heteroatoms. The quantitative estimate of drug-likeness (QED) is 0.774. The Bertz CT molecular complexity index is 569. The van der Waals surface area contributed by atoms with Gasteiger partial charge in [-0.2, -0.15) is 0 Å². The van der Waals surface area contributed by atoms with E-state index in [4.69, 9.17) is 9.84 Å². The molecular weight excluding hydrogens is 300 g/mol. The first-order valence-electron chi connectivity index (χ1n) is 7.36. The summed E-state index contributed by atoms with van der Waals surface area (Å²) in [6, 6.07) is 6.23. The van der Waals surface area contributed by atoms with Crippen LogP contribution in [0.4, 0.5) is 0 Å². The number of carboxylic acids is 1. The Labute approximate surface area is 135 Å². The van der Waals surface area contributed by atoms with E-state index in [2.05, 4.69) is 0 Å². The Morgan fingerprint density at radius 2 is 1.83 bits per heavy atom. The number of likely N-dealkylation sites (N-methyl/N-ethyl adjacent to an activating group) is 2. The molecule has 0 atom stereocenters. The molecule has 126 valence electrons. The van der Waals surface area contributed by atoms with Crippen molar-refractivity contribution in [3.63, 3.8) is 0 Å². The number of hydrogen-bond donors (Lipinski definition) is 1. The highest BCUT2D eigenvalue weighted by Gasteiger charge is 2.18. The fourth-order valence-electron chi connectivity index (χ4n) is 2.04. The van der Waals surface area contributed by atoms with E-state index < -0.39 is 12.6 Å². The smallest absolute Gasteiger partial charge is 0.341 e. The molecule has 1 aromatic carbocycles. The second kappa shape index (κ2) is 8.77. The van der Waals surface area contributed by atoms with Gasteiger partial charge in [0.2, 0.25) is 5.91 Å². The second-order valence-corrected chi connectivity index (χ2v) is 4.94. The summed E-state index contributed by atoms with van der Waals surface area (Å²) in [6.07, 6.45) is 0. The van der Waals surface area contributed by atoms with Gasteiger partial charge in [-0.05, 0) is 32.0 Å². The van der Waals surface area contributed by atoms with Gasteiger partial charge in [-0.3, -0.25) is 9.59 Å². The lowest BCUT2D eigenvalue weighted by Crippen LogP contribution is -2.41. The Balaban J connectivity index is 2.74. The first-order valence-corrected chi connectivity index (χ1v) is 7.36. The first kappa shape index (κ1) is 18.5. The van der Waals surface area contributed by atoms with Gasteiger partial charge >= 0.3 is 5.97 Å². The van der Waals surface area contributed by atoms with Crippen molar-refractivity contribution in [3.05, 3.63) is 29.8 Å². The molecule has 23 heavy (non-hydrogen) atoms. The molecule has 2 amide bonds. The molecule has 0 radical (unpaired) electrons. The summed E-state index contributed by atoms with van der Waals surface area (Å²) in [4.78, 5) is 37.9. The van der Waals surface area contributed by atoms with Crippen LogP contribution in [0.5, 0.6) is 5.75 Å². The van der Waals surface area contributed by atoms with Crippen LogP contribution in [0.15, 0.2) is 24.3 Å². The van der Waals surface area contributed by atoms with Crippen molar-refractivity contribution in [2.24, 2.45) is 0 Å². The SMILES string of the molecule is CCN(CC)C(=O)CN(C)C(=O)c1cccc(OCC(=O)O)c1. The molecule has 0 aliphatic rings. The Morgan fingerprint density at radius 3 is 2.39 bits per heavy atom. The van der Waals surface area contributed by atoms with Crippen molar-refractivity contribution < 1.29 is 24.2 Å². The highest BCUT2D eigenvalue weighted by Crippen LogP contribution is 2.14. The number of amides is 2. The van der Waals surface area contributed by atoms with E-state index >= 15 is 0 Å². The molecule has 0 saturated carbocycles. The van der Waals surface area contributed by atoms with E-state index in [0.717, 1.165) is 0 Å². The van der Waals surface area contributed by atoms with E-state index in [1.54, 1.807) is 30.1 Å². The number of ether oxygens (including phenoxy) is 1. The molecule has 0 aliphatic carbocycles. The number of carbonyl (C=O) groups is 3. The Kier molecular flexibility index (Phi) is 7.05. The molecule has 1 rings (SSSR count). The number of carboxylic acid groups (broad SMARTS) is 1. The van der Waals surface area contributed by atoms with Crippen LogP contribution < -0.4 is 4.74 Å². The molecule has 0 unspecified atom stereocenters. The van der Waals surface area contributed by atoms with Crippen molar-refractivity contribution in [1.29, 1.82) is 0 Å². The lowest BCUT2D eigenvalue weighted by molar-refractivity contribution is -0.139. The molecule has 0 aliphatic heterocycles. The van der Waals surface area contributed by atoms with Gasteiger partial charge in [0.25, 0.3) is 5.91 Å². The molecule has 1 N–H and O–H groups in total. The highest BCUT2D eigenvalue weighted by molar-refractivity contribution is 5.96. The standard InChI is InChI=1S/C16H22N2O5/c1-4-18(5-2)14(19)10-17(3)16(22)12-7-6-8-13(9-12)23-11-15(20)21/h6-9H,4-5,10-11H2,1-3H3,(H,20,21). The van der Waals surface area contributed by atoms with Crippen molar-refractivity contribution in [3.8, 4) is 5.75 Å². The molecule has 0 bridgehead atoms. The topological polar surface area (TPSA) is 87.2 Å². The van der Waals surface area contributed by atoms with Crippen molar-refractivity contribution in [2.75, 3.05) is 33.3 Å². The van der Waals surface area contributed by atoms with Gasteiger partial charge < -0.3 is 19.6 Å². The minimum absolute atomic E-state index is 0.0132. The minimum atomic E-state index is -1.09. The molecule has 0 saturated heterocycles. The summed E-state index contributed by atoms with van der Waals surface area (Å²) < 4.78 is 5.05. The van der Waals surface area contributed by atoms with E-state index in [0.29, 0.717) is 24.4 Å². The molecule has 0 heterocycles. The maximum absolute atomic E-state index is 12.4. The summed E-state index contributed by atoms with van der Waals surface area (Å²) in [5.41, 5.74) is 0.336. The lowest BCUT2D eigenvalue weighted by atomic mass is 10.2. The lowest BCUT2D eigenvalue weighted by Gasteiger charge is -2.23. The molecule has 0 aromatic heterocycles. The van der Waals surface area contributed by atoms with Gasteiger partial charge in [-0.25, -0.2) is 4.79 Å². The third kappa shape index (κ3) is 5.61. The number of hydrogen-bond acceptors (Lipinski definition) is 4. The van der Waals surface area contributed by atoms with E-state index in [1.807, 2.05) is 13.8 Å². The predicted molar refractivity (Wildman–Crippen MR) is 84.5 cm³/mol. The van der Waals surface area contributed by atoms with Crippen molar-refractivity contribution in [2.45, 2.75) is 13.8 Å². The van der Waals surface area contributed by atoms with Gasteiger partial charge in [0, 0.05) is 25.7 Å². The van der Waals surface area contributed by atoms with Crippen LogP contribution in [0, 0.1) is 0 Å². The van der Waals surface area contributed by atoms with Crippen LogP contribution in [-0.2, 0) is 9.59 Å². The van der Waals surface area contributed by atoms with E-state index in [1.165, 1.54) is 11.0 Å². The number of benzene rings is 1. The first-order chi connectivity index (χ1) is 10.9. The van der Waals surface area contributed by atoms with Gasteiger partial charge in [0.1, 0.15) is 5.75 Å². The Morgan fingerprint density at radius 1 is 1.17 bits per heavy atom.